The van der Waals surface area contributed by atoms with Gasteiger partial charge in [-0.2, -0.15) is 0 Å². The predicted molar refractivity (Wildman–Crippen MR) is 108 cm³/mol. The van der Waals surface area contributed by atoms with Crippen LogP contribution in [0.15, 0.2) is 18.2 Å². The van der Waals surface area contributed by atoms with Crippen molar-refractivity contribution in [3.63, 3.8) is 0 Å². The lowest BCUT2D eigenvalue weighted by atomic mass is 10.1. The molecule has 0 unspecified atom stereocenters. The van der Waals surface area contributed by atoms with Crippen LogP contribution in [0, 0.1) is 0 Å². The summed E-state index contributed by atoms with van der Waals surface area (Å²) >= 11 is 0. The third-order valence-electron chi connectivity index (χ3n) is 4.55. The molecular weight excluding hydrogens is 310 g/mol. The van der Waals surface area contributed by atoms with Crippen LogP contribution in [0.1, 0.15) is 70.3 Å². The summed E-state index contributed by atoms with van der Waals surface area (Å²) in [5.41, 5.74) is 1.32. The number of aryl methyl sites for hydroxylation is 1. The number of hydrogen-bond acceptors (Lipinski definition) is 3. The summed E-state index contributed by atoms with van der Waals surface area (Å²) in [6.45, 7) is 4.16. The molecule has 0 aliphatic carbocycles. The van der Waals surface area contributed by atoms with Crippen molar-refractivity contribution < 1.29 is 9.47 Å². The van der Waals surface area contributed by atoms with Crippen LogP contribution >= 0.6 is 0 Å². The van der Waals surface area contributed by atoms with Crippen molar-refractivity contribution in [2.24, 2.45) is 0 Å². The van der Waals surface area contributed by atoms with Gasteiger partial charge in [0.1, 0.15) is 0 Å². The maximum Gasteiger partial charge on any atom is 0.161 e. The van der Waals surface area contributed by atoms with Gasteiger partial charge in [0.25, 0.3) is 0 Å². The summed E-state index contributed by atoms with van der Waals surface area (Å²) in [7, 11) is 5.95. The molecule has 144 valence electrons. The fourth-order valence-electron chi connectivity index (χ4n) is 3.00. The van der Waals surface area contributed by atoms with Gasteiger partial charge in [-0.25, -0.2) is 0 Å². The molecule has 1 aromatic carbocycles. The summed E-state index contributed by atoms with van der Waals surface area (Å²) in [5, 5.41) is 0. The van der Waals surface area contributed by atoms with Gasteiger partial charge in [-0.05, 0) is 57.6 Å². The standard InChI is InChI=1S/C22H39NO2/c1-5-6-7-8-9-10-11-12-18-25-21-16-15-20(19-22(21)24-4)14-13-17-23(2)3/h15-16,19H,5-14,17-18H2,1-4H3. The second kappa shape index (κ2) is 14.0. The van der Waals surface area contributed by atoms with E-state index in [-0.39, 0.29) is 0 Å². The predicted octanol–water partition coefficient (Wildman–Crippen LogP) is 5.71. The van der Waals surface area contributed by atoms with Crippen LogP contribution < -0.4 is 9.47 Å². The first-order valence-corrected chi connectivity index (χ1v) is 10.1. The van der Waals surface area contributed by atoms with Gasteiger partial charge >= 0.3 is 0 Å². The molecule has 0 heterocycles. The molecule has 0 radical (unpaired) electrons. The Balaban J connectivity index is 2.24. The minimum atomic E-state index is 0.783. The second-order valence-electron chi connectivity index (χ2n) is 7.22. The van der Waals surface area contributed by atoms with E-state index in [0.29, 0.717) is 0 Å². The maximum absolute atomic E-state index is 5.94. The molecule has 0 bridgehead atoms. The van der Waals surface area contributed by atoms with E-state index in [4.69, 9.17) is 9.47 Å². The number of unbranched alkanes of at least 4 members (excludes halogenated alkanes) is 7. The van der Waals surface area contributed by atoms with Gasteiger partial charge in [0.05, 0.1) is 13.7 Å². The van der Waals surface area contributed by atoms with Crippen molar-refractivity contribution in [2.75, 3.05) is 34.4 Å². The Kier molecular flexibility index (Phi) is 12.2. The largest absolute Gasteiger partial charge is 0.493 e. The molecule has 0 fully saturated rings. The first-order valence-electron chi connectivity index (χ1n) is 10.1. The number of rotatable bonds is 15. The molecule has 3 heteroatoms. The van der Waals surface area contributed by atoms with E-state index in [1.54, 1.807) is 7.11 Å². The Hall–Kier alpha value is -1.22. The van der Waals surface area contributed by atoms with Crippen LogP contribution in [0.2, 0.25) is 0 Å². The molecule has 25 heavy (non-hydrogen) atoms. The Labute approximate surface area is 155 Å². The summed E-state index contributed by atoms with van der Waals surface area (Å²) in [6, 6.07) is 6.36. The molecule has 1 aromatic rings. The Bertz CT molecular complexity index is 446. The van der Waals surface area contributed by atoms with E-state index in [1.165, 1.54) is 50.5 Å². The van der Waals surface area contributed by atoms with E-state index in [2.05, 4.69) is 44.1 Å². The lowest BCUT2D eigenvalue weighted by Gasteiger charge is -2.13. The lowest BCUT2D eigenvalue weighted by molar-refractivity contribution is 0.284. The lowest BCUT2D eigenvalue weighted by Crippen LogP contribution is -2.13. The van der Waals surface area contributed by atoms with E-state index in [9.17, 15) is 0 Å². The van der Waals surface area contributed by atoms with Gasteiger partial charge in [0.2, 0.25) is 0 Å². The van der Waals surface area contributed by atoms with Crippen LogP contribution in [0.4, 0.5) is 0 Å². The molecule has 0 saturated heterocycles. The molecule has 0 aliphatic heterocycles. The Morgan fingerprint density at radius 3 is 2.16 bits per heavy atom. The summed E-state index contributed by atoms with van der Waals surface area (Å²) < 4.78 is 11.4. The number of hydrogen-bond donors (Lipinski definition) is 0. The van der Waals surface area contributed by atoms with Crippen molar-refractivity contribution in [1.29, 1.82) is 0 Å². The van der Waals surface area contributed by atoms with E-state index >= 15 is 0 Å². The Morgan fingerprint density at radius 1 is 0.840 bits per heavy atom. The summed E-state index contributed by atoms with van der Waals surface area (Å²) in [4.78, 5) is 2.22. The quantitative estimate of drug-likeness (QED) is 0.379. The van der Waals surface area contributed by atoms with Crippen LogP contribution in [0.5, 0.6) is 11.5 Å². The fraction of sp³-hybridized carbons (Fsp3) is 0.727. The SMILES string of the molecule is CCCCCCCCCCOc1ccc(CCCN(C)C)cc1OC. The molecule has 0 atom stereocenters. The van der Waals surface area contributed by atoms with Crippen molar-refractivity contribution in [3.05, 3.63) is 23.8 Å². The van der Waals surface area contributed by atoms with Crippen molar-refractivity contribution in [2.45, 2.75) is 71.1 Å². The minimum Gasteiger partial charge on any atom is -0.493 e. The first-order chi connectivity index (χ1) is 12.2. The molecular formula is C22H39NO2. The maximum atomic E-state index is 5.94. The molecule has 0 aromatic heterocycles. The number of methoxy groups -OCH3 is 1. The molecule has 0 N–H and O–H groups in total. The average Bonchev–Trinajstić information content (AvgIpc) is 2.60. The molecule has 3 nitrogen and oxygen atoms in total. The van der Waals surface area contributed by atoms with Gasteiger partial charge in [-0.15, -0.1) is 0 Å². The van der Waals surface area contributed by atoms with Crippen LogP contribution in [0.25, 0.3) is 0 Å². The van der Waals surface area contributed by atoms with E-state index < -0.39 is 0 Å². The zero-order valence-electron chi connectivity index (χ0n) is 17.0. The smallest absolute Gasteiger partial charge is 0.161 e. The Morgan fingerprint density at radius 2 is 1.52 bits per heavy atom. The third kappa shape index (κ3) is 10.4. The molecule has 0 saturated carbocycles. The second-order valence-corrected chi connectivity index (χ2v) is 7.22. The zero-order valence-corrected chi connectivity index (χ0v) is 17.0. The highest BCUT2D eigenvalue weighted by Gasteiger charge is 2.06. The van der Waals surface area contributed by atoms with Crippen molar-refractivity contribution in [3.8, 4) is 11.5 Å². The first kappa shape index (κ1) is 21.8. The molecule has 0 spiro atoms. The van der Waals surface area contributed by atoms with E-state index in [0.717, 1.165) is 43.9 Å². The monoisotopic (exact) mass is 349 g/mol. The summed E-state index contributed by atoms with van der Waals surface area (Å²) in [6.07, 6.45) is 12.8. The van der Waals surface area contributed by atoms with Crippen LogP contribution in [-0.4, -0.2) is 39.3 Å². The number of nitrogens with zero attached hydrogens (tertiary/aromatic N) is 1. The number of benzene rings is 1. The highest BCUT2D eigenvalue weighted by molar-refractivity contribution is 5.43. The highest BCUT2D eigenvalue weighted by Crippen LogP contribution is 2.28. The van der Waals surface area contributed by atoms with Gasteiger partial charge < -0.3 is 14.4 Å². The van der Waals surface area contributed by atoms with Crippen LogP contribution in [0.3, 0.4) is 0 Å². The van der Waals surface area contributed by atoms with Gasteiger partial charge in [-0.3, -0.25) is 0 Å². The summed E-state index contributed by atoms with van der Waals surface area (Å²) in [5.74, 6) is 1.74. The number of ether oxygens (including phenoxy) is 2. The highest BCUT2D eigenvalue weighted by atomic mass is 16.5. The van der Waals surface area contributed by atoms with Gasteiger partial charge in [-0.1, -0.05) is 57.9 Å². The van der Waals surface area contributed by atoms with Gasteiger partial charge in [0, 0.05) is 0 Å². The normalized spacial score (nSPS) is 11.1. The van der Waals surface area contributed by atoms with Crippen molar-refractivity contribution >= 4 is 0 Å². The average molecular weight is 350 g/mol. The van der Waals surface area contributed by atoms with Crippen molar-refractivity contribution in [1.82, 2.24) is 4.90 Å². The van der Waals surface area contributed by atoms with Gasteiger partial charge in [0.15, 0.2) is 11.5 Å². The topological polar surface area (TPSA) is 21.7 Å². The zero-order chi connectivity index (χ0) is 18.3. The minimum absolute atomic E-state index is 0.783. The fourth-order valence-corrected chi connectivity index (χ4v) is 3.00. The molecule has 1 rings (SSSR count). The molecule has 0 amide bonds. The van der Waals surface area contributed by atoms with E-state index in [1.807, 2.05) is 0 Å². The third-order valence-corrected chi connectivity index (χ3v) is 4.55. The molecule has 0 aliphatic rings. The van der Waals surface area contributed by atoms with Crippen LogP contribution in [-0.2, 0) is 6.42 Å².